The van der Waals surface area contributed by atoms with Gasteiger partial charge in [-0.15, -0.1) is 5.10 Å². The van der Waals surface area contributed by atoms with Crippen LogP contribution in [0.4, 0.5) is 0 Å². The molecular formula is C29H32Cl2N4O4. The third-order valence-corrected chi connectivity index (χ3v) is 8.99. The molecule has 1 N–H and O–H groups in total. The summed E-state index contributed by atoms with van der Waals surface area (Å²) in [6.07, 6.45) is 14.4. The molecule has 1 spiro atoms. The summed E-state index contributed by atoms with van der Waals surface area (Å²) in [5.41, 5.74) is 3.50. The number of ether oxygens (including phenoxy) is 1. The number of hydrogen-bond acceptors (Lipinski definition) is 6. The molecule has 0 aliphatic heterocycles. The number of aromatic carboxylic acids is 1. The highest BCUT2D eigenvalue weighted by Crippen LogP contribution is 2.61. The molecule has 3 aromatic rings. The number of carbonyl (C=O) groups is 1. The number of halogens is 2. The molecule has 0 bridgehead atoms. The van der Waals surface area contributed by atoms with Gasteiger partial charge >= 0.3 is 5.97 Å². The fourth-order valence-electron chi connectivity index (χ4n) is 6.43. The van der Waals surface area contributed by atoms with Crippen molar-refractivity contribution in [2.24, 2.45) is 17.3 Å². The van der Waals surface area contributed by atoms with E-state index in [1.165, 1.54) is 4.68 Å². The quantitative estimate of drug-likeness (QED) is 0.282. The van der Waals surface area contributed by atoms with Gasteiger partial charge in [-0.2, -0.15) is 0 Å². The Balaban J connectivity index is 1.07. The van der Waals surface area contributed by atoms with E-state index in [-0.39, 0.29) is 11.7 Å². The van der Waals surface area contributed by atoms with Crippen LogP contribution in [-0.4, -0.2) is 37.6 Å². The number of aromatic nitrogens is 4. The summed E-state index contributed by atoms with van der Waals surface area (Å²) in [7, 11) is 0. The number of hydrogen-bond donors (Lipinski definition) is 1. The topological polar surface area (TPSA) is 103 Å². The first-order chi connectivity index (χ1) is 18.7. The highest BCUT2D eigenvalue weighted by atomic mass is 35.5. The third-order valence-electron chi connectivity index (χ3n) is 8.41. The zero-order chi connectivity index (χ0) is 27.5. The van der Waals surface area contributed by atoms with Crippen LogP contribution in [0.2, 0.25) is 10.0 Å². The van der Waals surface area contributed by atoms with Crippen molar-refractivity contribution in [1.29, 1.82) is 0 Å². The molecule has 0 aromatic carbocycles. The second-order valence-corrected chi connectivity index (χ2v) is 12.6. The largest absolute Gasteiger partial charge is 0.477 e. The van der Waals surface area contributed by atoms with Gasteiger partial charge in [0, 0.05) is 41.0 Å². The smallest absolute Gasteiger partial charge is 0.354 e. The molecule has 3 aliphatic carbocycles. The molecule has 0 amide bonds. The van der Waals surface area contributed by atoms with E-state index in [9.17, 15) is 9.90 Å². The molecule has 3 heterocycles. The average molecular weight is 572 g/mol. The van der Waals surface area contributed by atoms with Crippen molar-refractivity contribution in [2.75, 3.05) is 6.61 Å². The van der Waals surface area contributed by atoms with Gasteiger partial charge in [-0.05, 0) is 76.5 Å². The maximum Gasteiger partial charge on any atom is 0.354 e. The van der Waals surface area contributed by atoms with Crippen LogP contribution in [0, 0.1) is 24.2 Å². The molecule has 0 saturated heterocycles. The summed E-state index contributed by atoms with van der Waals surface area (Å²) in [5, 5.41) is 19.3. The number of nitrogens with zero attached hydrogens (tertiary/aromatic N) is 4. The zero-order valence-corrected chi connectivity index (χ0v) is 23.8. The SMILES string of the molecule is Cc1c(OCC2CC3(CC(C=Cc4c(-c5c(Cl)cncc5Cl)noc4C4CC4)C3)C2)nn(C(C)C)c1C(=O)O. The Morgan fingerprint density at radius 3 is 2.51 bits per heavy atom. The highest BCUT2D eigenvalue weighted by Gasteiger charge is 2.52. The second-order valence-electron chi connectivity index (χ2n) is 11.8. The van der Waals surface area contributed by atoms with E-state index >= 15 is 0 Å². The Bertz CT molecular complexity index is 1420. The molecule has 10 heteroatoms. The lowest BCUT2D eigenvalue weighted by Crippen LogP contribution is -2.48. The van der Waals surface area contributed by atoms with E-state index < -0.39 is 5.97 Å². The first-order valence-corrected chi connectivity index (χ1v) is 14.3. The fraction of sp³-hybridized carbons (Fsp3) is 0.517. The summed E-state index contributed by atoms with van der Waals surface area (Å²) in [4.78, 5) is 15.8. The van der Waals surface area contributed by atoms with E-state index in [0.717, 1.165) is 49.8 Å². The molecule has 39 heavy (non-hydrogen) atoms. The molecule has 0 atom stereocenters. The van der Waals surface area contributed by atoms with Crippen molar-refractivity contribution in [3.05, 3.63) is 51.1 Å². The minimum atomic E-state index is -0.978. The van der Waals surface area contributed by atoms with Crippen molar-refractivity contribution in [3.63, 3.8) is 0 Å². The first kappa shape index (κ1) is 26.4. The fourth-order valence-corrected chi connectivity index (χ4v) is 6.97. The first-order valence-electron chi connectivity index (χ1n) is 13.6. The molecule has 206 valence electrons. The minimum Gasteiger partial charge on any atom is -0.477 e. The van der Waals surface area contributed by atoms with E-state index in [0.29, 0.717) is 62.5 Å². The number of pyridine rings is 1. The number of allylic oxidation sites excluding steroid dienone is 1. The summed E-state index contributed by atoms with van der Waals surface area (Å²) in [6.45, 7) is 6.17. The van der Waals surface area contributed by atoms with Gasteiger partial charge < -0.3 is 14.4 Å². The van der Waals surface area contributed by atoms with Crippen LogP contribution in [0.25, 0.3) is 17.3 Å². The predicted octanol–water partition coefficient (Wildman–Crippen LogP) is 7.60. The van der Waals surface area contributed by atoms with Gasteiger partial charge in [0.15, 0.2) is 5.69 Å². The molecule has 0 unspecified atom stereocenters. The van der Waals surface area contributed by atoms with Crippen molar-refractivity contribution in [3.8, 4) is 17.1 Å². The van der Waals surface area contributed by atoms with Gasteiger partial charge in [-0.3, -0.25) is 9.67 Å². The molecule has 3 fully saturated rings. The van der Waals surface area contributed by atoms with E-state index in [1.54, 1.807) is 19.3 Å². The second kappa shape index (κ2) is 9.97. The van der Waals surface area contributed by atoms with Crippen LogP contribution in [-0.2, 0) is 0 Å². The molecule has 6 rings (SSSR count). The van der Waals surface area contributed by atoms with Crippen LogP contribution in [0.1, 0.15) is 91.7 Å². The Morgan fingerprint density at radius 2 is 1.92 bits per heavy atom. The maximum atomic E-state index is 11.7. The van der Waals surface area contributed by atoms with Gasteiger partial charge in [0.2, 0.25) is 5.88 Å². The summed E-state index contributed by atoms with van der Waals surface area (Å²) >= 11 is 12.9. The van der Waals surface area contributed by atoms with Gasteiger partial charge in [0.25, 0.3) is 0 Å². The molecular weight excluding hydrogens is 539 g/mol. The van der Waals surface area contributed by atoms with Crippen LogP contribution >= 0.6 is 23.2 Å². The van der Waals surface area contributed by atoms with Crippen LogP contribution in [0.15, 0.2) is 23.0 Å². The third kappa shape index (κ3) is 4.86. The Labute approximate surface area is 237 Å². The normalized spacial score (nSPS) is 24.4. The van der Waals surface area contributed by atoms with Crippen LogP contribution in [0.3, 0.4) is 0 Å². The monoisotopic (exact) mass is 570 g/mol. The van der Waals surface area contributed by atoms with E-state index in [1.807, 2.05) is 13.8 Å². The lowest BCUT2D eigenvalue weighted by Gasteiger charge is -2.57. The van der Waals surface area contributed by atoms with Gasteiger partial charge in [0.1, 0.15) is 11.5 Å². The van der Waals surface area contributed by atoms with Crippen molar-refractivity contribution in [2.45, 2.75) is 71.3 Å². The summed E-state index contributed by atoms with van der Waals surface area (Å²) in [6, 6.07) is -0.0491. The Morgan fingerprint density at radius 1 is 1.23 bits per heavy atom. The average Bonchev–Trinajstić information content (AvgIpc) is 3.50. The van der Waals surface area contributed by atoms with Gasteiger partial charge in [-0.1, -0.05) is 40.5 Å². The lowest BCUT2D eigenvalue weighted by atomic mass is 9.48. The Kier molecular flexibility index (Phi) is 6.74. The van der Waals surface area contributed by atoms with E-state index in [4.69, 9.17) is 32.5 Å². The molecule has 3 aromatic heterocycles. The van der Waals surface area contributed by atoms with Gasteiger partial charge in [-0.25, -0.2) is 4.79 Å². The van der Waals surface area contributed by atoms with Crippen molar-refractivity contribution < 1.29 is 19.2 Å². The molecule has 3 saturated carbocycles. The molecule has 8 nitrogen and oxygen atoms in total. The standard InChI is InChI=1S/C29H32Cl2N4O4/c1-15(2)35-25(28(36)37)16(3)27(33-35)38-14-18-10-29(11-18)8-17(9-29)4-7-20-24(34-39-26(20)19-5-6-19)23-21(30)12-32-13-22(23)31/h4,7,12-13,15,17-19H,5-6,8-11,14H2,1-3H3,(H,36,37). The Hall–Kier alpha value is -2.84. The van der Waals surface area contributed by atoms with Crippen LogP contribution in [0.5, 0.6) is 5.88 Å². The maximum absolute atomic E-state index is 11.7. The lowest BCUT2D eigenvalue weighted by molar-refractivity contribution is -0.0662. The predicted molar refractivity (Wildman–Crippen MR) is 148 cm³/mol. The summed E-state index contributed by atoms with van der Waals surface area (Å²) < 4.78 is 13.3. The number of carboxylic acids is 1. The summed E-state index contributed by atoms with van der Waals surface area (Å²) in [5.74, 6) is 1.76. The molecule has 0 radical (unpaired) electrons. The minimum absolute atomic E-state index is 0.0491. The van der Waals surface area contributed by atoms with Crippen molar-refractivity contribution >= 4 is 35.2 Å². The number of carboxylic acid groups (broad SMARTS) is 1. The highest BCUT2D eigenvalue weighted by molar-refractivity contribution is 6.39. The molecule has 3 aliphatic rings. The number of rotatable bonds is 9. The van der Waals surface area contributed by atoms with Crippen LogP contribution < -0.4 is 4.74 Å². The van der Waals surface area contributed by atoms with Crippen molar-refractivity contribution in [1.82, 2.24) is 19.9 Å². The van der Waals surface area contributed by atoms with Gasteiger partial charge in [0.05, 0.1) is 16.7 Å². The van der Waals surface area contributed by atoms with E-state index in [2.05, 4.69) is 27.4 Å². The zero-order valence-electron chi connectivity index (χ0n) is 22.3.